The number of primary amides is 1. The molecular weight excluding hydrogens is 383 g/mol. The number of aromatic nitrogens is 3. The van der Waals surface area contributed by atoms with E-state index in [1.54, 1.807) is 34.0 Å². The molecule has 0 unspecified atom stereocenters. The Morgan fingerprint density at radius 1 is 1.17 bits per heavy atom. The van der Waals surface area contributed by atoms with Crippen molar-refractivity contribution in [1.29, 1.82) is 0 Å². The van der Waals surface area contributed by atoms with Gasteiger partial charge in [-0.1, -0.05) is 0 Å². The fraction of sp³-hybridized carbons (Fsp3) is 0.350. The maximum atomic E-state index is 13.8. The highest BCUT2D eigenvalue weighted by atomic mass is 19.4. The molecule has 0 aromatic carbocycles. The van der Waals surface area contributed by atoms with Gasteiger partial charge in [-0.2, -0.15) is 13.2 Å². The number of imidazole rings is 1. The standard InChI is InChI=1S/C20H20F3N5O/c1-12-8-15(11-28-7-4-25-18(12)28)14-9-16(20(21,22)23)19(26-10-14)27-5-2-13(3-6-27)17(24)29/h4,7-11,13H,2-3,5-6H2,1H3,(H2,24,29). The van der Waals surface area contributed by atoms with Crippen LogP contribution in [0.3, 0.4) is 0 Å². The van der Waals surface area contributed by atoms with Crippen LogP contribution in [0, 0.1) is 12.8 Å². The molecule has 3 aromatic heterocycles. The van der Waals surface area contributed by atoms with E-state index in [0.717, 1.165) is 17.3 Å². The van der Waals surface area contributed by atoms with Crippen LogP contribution in [0.2, 0.25) is 0 Å². The van der Waals surface area contributed by atoms with Crippen molar-refractivity contribution >= 4 is 17.4 Å². The van der Waals surface area contributed by atoms with Gasteiger partial charge in [0.2, 0.25) is 5.91 Å². The third kappa shape index (κ3) is 3.64. The van der Waals surface area contributed by atoms with Crippen LogP contribution >= 0.6 is 0 Å². The van der Waals surface area contributed by atoms with Crippen LogP contribution in [0.5, 0.6) is 0 Å². The summed E-state index contributed by atoms with van der Waals surface area (Å²) in [6.45, 7) is 2.48. The number of hydrogen-bond donors (Lipinski definition) is 1. The number of carbonyl (C=O) groups is 1. The summed E-state index contributed by atoms with van der Waals surface area (Å²) in [4.78, 5) is 21.3. The van der Waals surface area contributed by atoms with Gasteiger partial charge >= 0.3 is 6.18 Å². The molecule has 2 N–H and O–H groups in total. The van der Waals surface area contributed by atoms with Gasteiger partial charge in [0.15, 0.2) is 0 Å². The van der Waals surface area contributed by atoms with Crippen LogP contribution in [0.4, 0.5) is 19.0 Å². The van der Waals surface area contributed by atoms with Crippen molar-refractivity contribution in [2.75, 3.05) is 18.0 Å². The molecule has 4 heterocycles. The van der Waals surface area contributed by atoms with E-state index in [2.05, 4.69) is 9.97 Å². The maximum absolute atomic E-state index is 13.8. The smallest absolute Gasteiger partial charge is 0.369 e. The number of hydrogen-bond acceptors (Lipinski definition) is 4. The summed E-state index contributed by atoms with van der Waals surface area (Å²) in [5.74, 6) is -0.816. The number of rotatable bonds is 3. The predicted molar refractivity (Wildman–Crippen MR) is 102 cm³/mol. The molecule has 1 saturated heterocycles. The molecule has 0 spiro atoms. The van der Waals surface area contributed by atoms with Crippen molar-refractivity contribution < 1.29 is 18.0 Å². The minimum Gasteiger partial charge on any atom is -0.369 e. The molecule has 1 amide bonds. The first kappa shape index (κ1) is 19.2. The SMILES string of the molecule is Cc1cc(-c2cnc(N3CCC(C(N)=O)CC3)c(C(F)(F)F)c2)cn2ccnc12. The van der Waals surface area contributed by atoms with E-state index in [1.807, 2.05) is 6.92 Å². The Morgan fingerprint density at radius 3 is 2.55 bits per heavy atom. The molecule has 29 heavy (non-hydrogen) atoms. The van der Waals surface area contributed by atoms with Gasteiger partial charge in [0.25, 0.3) is 0 Å². The van der Waals surface area contributed by atoms with Gasteiger partial charge < -0.3 is 15.0 Å². The number of anilines is 1. The molecule has 1 aliphatic rings. The van der Waals surface area contributed by atoms with E-state index in [-0.39, 0.29) is 11.7 Å². The third-order valence-corrected chi connectivity index (χ3v) is 5.37. The zero-order valence-electron chi connectivity index (χ0n) is 15.8. The number of amides is 1. The molecule has 152 valence electrons. The summed E-state index contributed by atoms with van der Waals surface area (Å²) in [6, 6.07) is 2.94. The Morgan fingerprint density at radius 2 is 1.90 bits per heavy atom. The number of piperidine rings is 1. The highest BCUT2D eigenvalue weighted by Crippen LogP contribution is 2.39. The first-order valence-electron chi connectivity index (χ1n) is 9.29. The molecule has 0 aliphatic carbocycles. The van der Waals surface area contributed by atoms with Crippen LogP contribution in [0.1, 0.15) is 24.0 Å². The number of nitrogens with zero attached hydrogens (tertiary/aromatic N) is 4. The second-order valence-electron chi connectivity index (χ2n) is 7.33. The van der Waals surface area contributed by atoms with Gasteiger partial charge in [0.05, 0.1) is 5.56 Å². The van der Waals surface area contributed by atoms with Crippen LogP contribution in [-0.4, -0.2) is 33.4 Å². The lowest BCUT2D eigenvalue weighted by Gasteiger charge is -2.33. The number of halogens is 3. The summed E-state index contributed by atoms with van der Waals surface area (Å²) in [5.41, 5.74) is 7.16. The summed E-state index contributed by atoms with van der Waals surface area (Å²) in [5, 5.41) is 0. The number of aryl methyl sites for hydroxylation is 1. The first-order valence-corrected chi connectivity index (χ1v) is 9.29. The molecule has 9 heteroatoms. The van der Waals surface area contributed by atoms with E-state index in [0.29, 0.717) is 37.1 Å². The predicted octanol–water partition coefficient (Wildman–Crippen LogP) is 3.43. The van der Waals surface area contributed by atoms with Crippen molar-refractivity contribution in [2.45, 2.75) is 25.9 Å². The minimum atomic E-state index is -4.55. The number of fused-ring (bicyclic) bond motifs is 1. The highest BCUT2D eigenvalue weighted by molar-refractivity contribution is 5.77. The Balaban J connectivity index is 1.72. The quantitative estimate of drug-likeness (QED) is 0.727. The number of pyridine rings is 2. The van der Waals surface area contributed by atoms with Crippen LogP contribution in [0.15, 0.2) is 36.9 Å². The van der Waals surface area contributed by atoms with E-state index >= 15 is 0 Å². The summed E-state index contributed by atoms with van der Waals surface area (Å²) < 4.78 is 43.3. The molecule has 3 aromatic rings. The first-order chi connectivity index (χ1) is 13.7. The molecule has 1 aliphatic heterocycles. The fourth-order valence-corrected chi connectivity index (χ4v) is 3.82. The average molecular weight is 403 g/mol. The number of nitrogens with two attached hydrogens (primary N) is 1. The Kier molecular flexibility index (Phi) is 4.68. The monoisotopic (exact) mass is 403 g/mol. The third-order valence-electron chi connectivity index (χ3n) is 5.37. The second kappa shape index (κ2) is 7.06. The van der Waals surface area contributed by atoms with Crippen molar-refractivity contribution in [3.05, 3.63) is 48.0 Å². The maximum Gasteiger partial charge on any atom is 0.419 e. The Labute approximate surface area is 165 Å². The fourth-order valence-electron chi connectivity index (χ4n) is 3.82. The largest absolute Gasteiger partial charge is 0.419 e. The molecule has 0 bridgehead atoms. The van der Waals surface area contributed by atoms with Gasteiger partial charge in [-0.15, -0.1) is 0 Å². The van der Waals surface area contributed by atoms with Crippen molar-refractivity contribution in [1.82, 2.24) is 14.4 Å². The van der Waals surface area contributed by atoms with Crippen LogP contribution in [0.25, 0.3) is 16.8 Å². The highest BCUT2D eigenvalue weighted by Gasteiger charge is 2.37. The molecule has 0 saturated carbocycles. The van der Waals surface area contributed by atoms with E-state index in [9.17, 15) is 18.0 Å². The van der Waals surface area contributed by atoms with Gasteiger partial charge in [-0.3, -0.25) is 4.79 Å². The normalized spacial score (nSPS) is 15.8. The van der Waals surface area contributed by atoms with E-state index in [4.69, 9.17) is 5.73 Å². The van der Waals surface area contributed by atoms with E-state index in [1.165, 1.54) is 6.20 Å². The molecule has 0 radical (unpaired) electrons. The van der Waals surface area contributed by atoms with Crippen molar-refractivity contribution in [2.24, 2.45) is 11.7 Å². The van der Waals surface area contributed by atoms with Crippen LogP contribution < -0.4 is 10.6 Å². The number of alkyl halides is 3. The average Bonchev–Trinajstić information content (AvgIpc) is 3.16. The number of carbonyl (C=O) groups excluding carboxylic acids is 1. The van der Waals surface area contributed by atoms with Crippen molar-refractivity contribution in [3.63, 3.8) is 0 Å². The molecule has 4 rings (SSSR count). The summed E-state index contributed by atoms with van der Waals surface area (Å²) in [6.07, 6.45) is 2.89. The molecule has 0 atom stereocenters. The van der Waals surface area contributed by atoms with Gasteiger partial charge in [0.1, 0.15) is 11.5 Å². The Hall–Kier alpha value is -3.10. The minimum absolute atomic E-state index is 0.107. The lowest BCUT2D eigenvalue weighted by Crippen LogP contribution is -2.39. The molecule has 1 fully saturated rings. The summed E-state index contributed by atoms with van der Waals surface area (Å²) in [7, 11) is 0. The second-order valence-corrected chi connectivity index (χ2v) is 7.33. The van der Waals surface area contributed by atoms with Crippen LogP contribution in [-0.2, 0) is 11.0 Å². The Bertz CT molecular complexity index is 1070. The zero-order chi connectivity index (χ0) is 20.8. The zero-order valence-corrected chi connectivity index (χ0v) is 15.8. The summed E-state index contributed by atoms with van der Waals surface area (Å²) >= 11 is 0. The van der Waals surface area contributed by atoms with Crippen molar-refractivity contribution in [3.8, 4) is 11.1 Å². The topological polar surface area (TPSA) is 76.5 Å². The lowest BCUT2D eigenvalue weighted by atomic mass is 9.96. The lowest BCUT2D eigenvalue weighted by molar-refractivity contribution is -0.137. The van der Waals surface area contributed by atoms with E-state index < -0.39 is 17.6 Å². The molecule has 6 nitrogen and oxygen atoms in total. The molecular formula is C20H20F3N5O. The van der Waals surface area contributed by atoms with Gasteiger partial charge in [-0.25, -0.2) is 9.97 Å². The van der Waals surface area contributed by atoms with Gasteiger partial charge in [-0.05, 0) is 37.5 Å². The van der Waals surface area contributed by atoms with Gasteiger partial charge in [0, 0.05) is 54.9 Å².